The highest BCUT2D eigenvalue weighted by Crippen LogP contribution is 2.40. The summed E-state index contributed by atoms with van der Waals surface area (Å²) >= 11 is 10.1. The third-order valence-electron chi connectivity index (χ3n) is 5.05. The highest BCUT2D eigenvalue weighted by atomic mass is 79.9. The zero-order valence-electron chi connectivity index (χ0n) is 19.2. The molecule has 0 aliphatic carbocycles. The molecule has 3 aromatic carbocycles. The average molecular weight is 699 g/mol. The molecule has 3 rings (SSSR count). The van der Waals surface area contributed by atoms with Crippen molar-refractivity contribution in [1.82, 2.24) is 5.48 Å². The first-order valence-corrected chi connectivity index (χ1v) is 13.4. The predicted octanol–water partition coefficient (Wildman–Crippen LogP) is 7.26. The van der Waals surface area contributed by atoms with Crippen molar-refractivity contribution in [3.05, 3.63) is 97.9 Å². The third kappa shape index (κ3) is 8.89. The number of allylic oxidation sites excluding steroid dienone is 1. The number of ether oxygens (including phenoxy) is 2. The Bertz CT molecular complexity index is 1240. The first-order valence-electron chi connectivity index (χ1n) is 11.0. The van der Waals surface area contributed by atoms with Crippen LogP contribution in [0.1, 0.15) is 24.5 Å². The second-order valence-electron chi connectivity index (χ2n) is 7.71. The Kier molecular flexibility index (Phi) is 11.0. The molecule has 2 amide bonds. The summed E-state index contributed by atoms with van der Waals surface area (Å²) in [4.78, 5) is 24.3. The molecule has 4 N–H and O–H groups in total. The number of carbonyl (C=O) groups excluding carboxylic acids is 2. The number of aromatic hydroxyl groups is 1. The Morgan fingerprint density at radius 2 is 1.68 bits per heavy atom. The SMILES string of the molecule is O=C(/C=C/CC[C@H](Oc1ccccc1)[C@@H](OC(=O)Nc1ccc(Br)cc1)c1cc(Br)cc(Br)c1O)NO. The van der Waals surface area contributed by atoms with Gasteiger partial charge in [-0.15, -0.1) is 0 Å². The van der Waals surface area contributed by atoms with Gasteiger partial charge in [0, 0.05) is 26.3 Å². The van der Waals surface area contributed by atoms with E-state index in [9.17, 15) is 14.7 Å². The highest BCUT2D eigenvalue weighted by Gasteiger charge is 2.32. The van der Waals surface area contributed by atoms with Gasteiger partial charge in [0.15, 0.2) is 6.10 Å². The van der Waals surface area contributed by atoms with Gasteiger partial charge >= 0.3 is 6.09 Å². The van der Waals surface area contributed by atoms with E-state index in [1.54, 1.807) is 66.7 Å². The smallest absolute Gasteiger partial charge is 0.412 e. The lowest BCUT2D eigenvalue weighted by Crippen LogP contribution is -2.31. The minimum Gasteiger partial charge on any atom is -0.506 e. The normalized spacial score (nSPS) is 12.5. The van der Waals surface area contributed by atoms with E-state index in [1.165, 1.54) is 11.6 Å². The Labute approximate surface area is 239 Å². The van der Waals surface area contributed by atoms with Gasteiger partial charge in [0.2, 0.25) is 0 Å². The molecule has 0 fully saturated rings. The largest absolute Gasteiger partial charge is 0.506 e. The number of hydroxylamine groups is 1. The molecule has 0 spiro atoms. The maximum atomic E-state index is 13.0. The molecule has 0 aliphatic rings. The van der Waals surface area contributed by atoms with Crippen molar-refractivity contribution in [3.63, 3.8) is 0 Å². The molecule has 11 heteroatoms. The number of rotatable bonds is 10. The van der Waals surface area contributed by atoms with Crippen LogP contribution >= 0.6 is 47.8 Å². The van der Waals surface area contributed by atoms with Crippen LogP contribution in [0.3, 0.4) is 0 Å². The van der Waals surface area contributed by atoms with Gasteiger partial charge < -0.3 is 14.6 Å². The third-order valence-corrected chi connectivity index (χ3v) is 6.65. The number of benzene rings is 3. The maximum Gasteiger partial charge on any atom is 0.412 e. The molecule has 194 valence electrons. The van der Waals surface area contributed by atoms with Gasteiger partial charge in [0.05, 0.1) is 4.47 Å². The summed E-state index contributed by atoms with van der Waals surface area (Å²) in [6, 6.07) is 19.3. The minimum atomic E-state index is -1.05. The number of amides is 2. The number of halogens is 3. The summed E-state index contributed by atoms with van der Waals surface area (Å²) < 4.78 is 14.0. The molecule has 8 nitrogen and oxygen atoms in total. The van der Waals surface area contributed by atoms with Crippen LogP contribution in [0.4, 0.5) is 10.5 Å². The van der Waals surface area contributed by atoms with Crippen molar-refractivity contribution in [2.24, 2.45) is 0 Å². The van der Waals surface area contributed by atoms with Gasteiger partial charge in [0.25, 0.3) is 5.91 Å². The zero-order valence-corrected chi connectivity index (χ0v) is 24.0. The Morgan fingerprint density at radius 1 is 0.973 bits per heavy atom. The minimum absolute atomic E-state index is 0.110. The van der Waals surface area contributed by atoms with Crippen molar-refractivity contribution >= 4 is 65.5 Å². The van der Waals surface area contributed by atoms with Crippen LogP contribution in [-0.2, 0) is 9.53 Å². The number of phenols is 1. The van der Waals surface area contributed by atoms with E-state index in [4.69, 9.17) is 14.7 Å². The molecule has 0 aromatic heterocycles. The van der Waals surface area contributed by atoms with Crippen molar-refractivity contribution in [1.29, 1.82) is 0 Å². The number of nitrogens with one attached hydrogen (secondary N) is 2. The van der Waals surface area contributed by atoms with E-state index in [1.807, 2.05) is 6.07 Å². The Morgan fingerprint density at radius 3 is 2.35 bits per heavy atom. The molecule has 0 saturated carbocycles. The van der Waals surface area contributed by atoms with Crippen LogP contribution in [0, 0.1) is 0 Å². The molecular formula is C26H23Br3N2O6. The van der Waals surface area contributed by atoms with Gasteiger partial charge in [-0.1, -0.05) is 56.1 Å². The van der Waals surface area contributed by atoms with Crippen LogP contribution in [0.15, 0.2) is 92.3 Å². The number of hydrogen-bond donors (Lipinski definition) is 4. The molecular weight excluding hydrogens is 676 g/mol. The fraction of sp³-hybridized carbons (Fsp3) is 0.154. The van der Waals surface area contributed by atoms with E-state index in [-0.39, 0.29) is 5.75 Å². The molecule has 0 radical (unpaired) electrons. The summed E-state index contributed by atoms with van der Waals surface area (Å²) in [6.07, 6.45) is 0.806. The second-order valence-corrected chi connectivity index (χ2v) is 10.4. The molecule has 0 saturated heterocycles. The van der Waals surface area contributed by atoms with Crippen LogP contribution in [0.2, 0.25) is 0 Å². The summed E-state index contributed by atoms with van der Waals surface area (Å²) in [7, 11) is 0. The lowest BCUT2D eigenvalue weighted by atomic mass is 9.99. The van der Waals surface area contributed by atoms with Gasteiger partial charge in [-0.05, 0) is 77.3 Å². The van der Waals surface area contributed by atoms with Crippen molar-refractivity contribution in [2.75, 3.05) is 5.32 Å². The lowest BCUT2D eigenvalue weighted by Gasteiger charge is -2.29. The van der Waals surface area contributed by atoms with E-state index < -0.39 is 24.2 Å². The summed E-state index contributed by atoms with van der Waals surface area (Å²) in [6.45, 7) is 0. The Hall–Kier alpha value is -2.86. The predicted molar refractivity (Wildman–Crippen MR) is 150 cm³/mol. The number of carbonyl (C=O) groups is 2. The molecule has 0 heterocycles. The standard InChI is InChI=1S/C26H23Br3N2O6/c27-16-10-12-18(13-11-16)30-26(34)37-25(20-14-17(28)15-21(29)24(20)33)22(8-4-5-9-23(32)31-35)36-19-6-2-1-3-7-19/h1-3,5-7,9-15,22,25,33,35H,4,8H2,(H,30,34)(H,31,32)/b9-5+/t22-,25-/m0/s1. The van der Waals surface area contributed by atoms with Crippen molar-refractivity contribution in [2.45, 2.75) is 25.0 Å². The molecule has 37 heavy (non-hydrogen) atoms. The van der Waals surface area contributed by atoms with E-state index in [0.717, 1.165) is 4.47 Å². The molecule has 0 aliphatic heterocycles. The zero-order chi connectivity index (χ0) is 26.8. The van der Waals surface area contributed by atoms with E-state index in [2.05, 4.69) is 53.1 Å². The number of anilines is 1. The lowest BCUT2D eigenvalue weighted by molar-refractivity contribution is -0.124. The van der Waals surface area contributed by atoms with Crippen LogP contribution in [-0.4, -0.2) is 28.4 Å². The number of para-hydroxylation sites is 1. The monoisotopic (exact) mass is 696 g/mol. The van der Waals surface area contributed by atoms with Crippen LogP contribution in [0.5, 0.6) is 11.5 Å². The quantitative estimate of drug-likeness (QED) is 0.101. The molecule has 2 atom stereocenters. The summed E-state index contributed by atoms with van der Waals surface area (Å²) in [5, 5.41) is 22.3. The summed E-state index contributed by atoms with van der Waals surface area (Å²) in [5.41, 5.74) is 2.36. The van der Waals surface area contributed by atoms with Gasteiger partial charge in [-0.25, -0.2) is 10.3 Å². The molecule has 0 bridgehead atoms. The summed E-state index contributed by atoms with van der Waals surface area (Å²) in [5.74, 6) is -0.252. The Balaban J connectivity index is 1.95. The van der Waals surface area contributed by atoms with Crippen molar-refractivity contribution in [3.8, 4) is 11.5 Å². The number of hydrogen-bond acceptors (Lipinski definition) is 6. The fourth-order valence-corrected chi connectivity index (χ4v) is 4.89. The molecule has 3 aromatic rings. The number of phenolic OH excluding ortho intramolecular Hbond substituents is 1. The average Bonchev–Trinajstić information content (AvgIpc) is 2.88. The molecule has 0 unspecified atom stereocenters. The van der Waals surface area contributed by atoms with Gasteiger partial charge in [-0.3, -0.25) is 15.3 Å². The van der Waals surface area contributed by atoms with Gasteiger partial charge in [0.1, 0.15) is 17.6 Å². The van der Waals surface area contributed by atoms with E-state index >= 15 is 0 Å². The topological polar surface area (TPSA) is 117 Å². The first kappa shape index (κ1) is 28.7. The second kappa shape index (κ2) is 14.2. The van der Waals surface area contributed by atoms with Gasteiger partial charge in [-0.2, -0.15) is 0 Å². The highest BCUT2D eigenvalue weighted by molar-refractivity contribution is 9.11. The fourth-order valence-electron chi connectivity index (χ4n) is 3.37. The van der Waals surface area contributed by atoms with Crippen molar-refractivity contribution < 1.29 is 29.4 Å². The maximum absolute atomic E-state index is 13.0. The first-order chi connectivity index (χ1) is 17.8. The van der Waals surface area contributed by atoms with E-state index in [0.29, 0.717) is 38.8 Å². The van der Waals surface area contributed by atoms with Crippen LogP contribution in [0.25, 0.3) is 0 Å². The van der Waals surface area contributed by atoms with Crippen LogP contribution < -0.4 is 15.5 Å².